The summed E-state index contributed by atoms with van der Waals surface area (Å²) in [6.07, 6.45) is 2.39. The number of rotatable bonds is 6. The maximum atomic E-state index is 5.46. The molecule has 0 aliphatic rings. The first-order chi connectivity index (χ1) is 5.13. The van der Waals surface area contributed by atoms with Gasteiger partial charge >= 0.3 is 0 Å². The molecule has 0 atom stereocenters. The molecule has 0 N–H and O–H groups in total. The van der Waals surface area contributed by atoms with Gasteiger partial charge in [-0.25, -0.2) is 0 Å². The van der Waals surface area contributed by atoms with Gasteiger partial charge in [-0.1, -0.05) is 27.7 Å². The van der Waals surface area contributed by atoms with E-state index in [1.54, 1.807) is 0 Å². The van der Waals surface area contributed by atoms with E-state index in [0.29, 0.717) is 0 Å². The highest BCUT2D eigenvalue weighted by atomic mass is 24.3. The summed E-state index contributed by atoms with van der Waals surface area (Å²) in [5.74, 6) is 1.54. The van der Waals surface area contributed by atoms with Crippen LogP contribution in [0.1, 0.15) is 40.5 Å². The standard InChI is InChI=1S/C10H22O.Mg/c1-9(2)5-7-11-8-6-10(3)4;/h9-10H,5-8H2,1-4H3;. The fourth-order valence-electron chi connectivity index (χ4n) is 0.740. The molecule has 0 bridgehead atoms. The molecule has 0 rings (SSSR count). The summed E-state index contributed by atoms with van der Waals surface area (Å²) in [6, 6.07) is 0. The summed E-state index contributed by atoms with van der Waals surface area (Å²) in [7, 11) is 0. The lowest BCUT2D eigenvalue weighted by atomic mass is 10.1. The van der Waals surface area contributed by atoms with Crippen LogP contribution in [0.2, 0.25) is 0 Å². The fourth-order valence-corrected chi connectivity index (χ4v) is 0.740. The van der Waals surface area contributed by atoms with Crippen molar-refractivity contribution >= 4 is 23.1 Å². The molecule has 1 nitrogen and oxygen atoms in total. The second-order valence-corrected chi connectivity index (χ2v) is 3.98. The third kappa shape index (κ3) is 13.3. The van der Waals surface area contributed by atoms with E-state index in [0.717, 1.165) is 25.0 Å². The molecule has 0 aliphatic heterocycles. The van der Waals surface area contributed by atoms with Gasteiger partial charge in [0, 0.05) is 36.3 Å². The Labute approximate surface area is 93.4 Å². The molecule has 2 radical (unpaired) electrons. The van der Waals surface area contributed by atoms with Gasteiger partial charge < -0.3 is 4.74 Å². The summed E-state index contributed by atoms with van der Waals surface area (Å²) >= 11 is 0. The van der Waals surface area contributed by atoms with Crippen molar-refractivity contribution in [1.82, 2.24) is 0 Å². The van der Waals surface area contributed by atoms with Crippen LogP contribution in [0.15, 0.2) is 0 Å². The molecule has 70 valence electrons. The van der Waals surface area contributed by atoms with Gasteiger partial charge in [0.15, 0.2) is 0 Å². The largest absolute Gasteiger partial charge is 0.381 e. The van der Waals surface area contributed by atoms with Gasteiger partial charge in [-0.05, 0) is 24.7 Å². The van der Waals surface area contributed by atoms with Crippen molar-refractivity contribution in [1.29, 1.82) is 0 Å². The highest BCUT2D eigenvalue weighted by molar-refractivity contribution is 5.75. The van der Waals surface area contributed by atoms with Gasteiger partial charge in [-0.3, -0.25) is 0 Å². The molecule has 0 heterocycles. The maximum absolute atomic E-state index is 5.46. The van der Waals surface area contributed by atoms with Gasteiger partial charge in [0.2, 0.25) is 0 Å². The SMILES string of the molecule is CC(C)CCOCCC(C)C.[Mg]. The van der Waals surface area contributed by atoms with E-state index in [-0.39, 0.29) is 23.1 Å². The molecule has 0 unspecified atom stereocenters. The first-order valence-electron chi connectivity index (χ1n) is 4.70. The minimum atomic E-state index is 0. The number of hydrogen-bond donors (Lipinski definition) is 0. The van der Waals surface area contributed by atoms with Crippen molar-refractivity contribution in [2.45, 2.75) is 40.5 Å². The highest BCUT2D eigenvalue weighted by Gasteiger charge is 1.95. The Morgan fingerprint density at radius 2 is 1.17 bits per heavy atom. The average molecular weight is 183 g/mol. The summed E-state index contributed by atoms with van der Waals surface area (Å²) in [4.78, 5) is 0. The Morgan fingerprint density at radius 1 is 0.833 bits per heavy atom. The van der Waals surface area contributed by atoms with Gasteiger partial charge in [-0.15, -0.1) is 0 Å². The predicted octanol–water partition coefficient (Wildman–Crippen LogP) is 2.71. The molecule has 0 spiro atoms. The Kier molecular flexibility index (Phi) is 12.4. The molecule has 12 heavy (non-hydrogen) atoms. The second-order valence-electron chi connectivity index (χ2n) is 3.98. The zero-order chi connectivity index (χ0) is 8.69. The topological polar surface area (TPSA) is 9.23 Å². The van der Waals surface area contributed by atoms with Crippen molar-refractivity contribution in [3.05, 3.63) is 0 Å². The van der Waals surface area contributed by atoms with Crippen LogP contribution in [0.4, 0.5) is 0 Å². The van der Waals surface area contributed by atoms with E-state index in [2.05, 4.69) is 27.7 Å². The van der Waals surface area contributed by atoms with Crippen molar-refractivity contribution in [3.8, 4) is 0 Å². The minimum Gasteiger partial charge on any atom is -0.381 e. The van der Waals surface area contributed by atoms with E-state index >= 15 is 0 Å². The van der Waals surface area contributed by atoms with Crippen LogP contribution in [-0.4, -0.2) is 36.3 Å². The molecule has 2 heteroatoms. The Bertz CT molecular complexity index is 71.9. The molecule has 0 saturated carbocycles. The average Bonchev–Trinajstić information content (AvgIpc) is 1.85. The van der Waals surface area contributed by atoms with Crippen LogP contribution >= 0.6 is 0 Å². The number of hydrogen-bond acceptors (Lipinski definition) is 1. The van der Waals surface area contributed by atoms with Gasteiger partial charge in [0.05, 0.1) is 0 Å². The van der Waals surface area contributed by atoms with E-state index in [1.807, 2.05) is 0 Å². The van der Waals surface area contributed by atoms with Crippen LogP contribution < -0.4 is 0 Å². The van der Waals surface area contributed by atoms with Crippen molar-refractivity contribution in [2.24, 2.45) is 11.8 Å². The summed E-state index contributed by atoms with van der Waals surface area (Å²) in [6.45, 7) is 10.8. The van der Waals surface area contributed by atoms with Gasteiger partial charge in [-0.2, -0.15) is 0 Å². The van der Waals surface area contributed by atoms with Crippen molar-refractivity contribution in [3.63, 3.8) is 0 Å². The van der Waals surface area contributed by atoms with Crippen LogP contribution in [0.5, 0.6) is 0 Å². The second kappa shape index (κ2) is 9.81. The van der Waals surface area contributed by atoms with Gasteiger partial charge in [0.1, 0.15) is 0 Å². The molecular weight excluding hydrogens is 160 g/mol. The molecule has 0 aliphatic carbocycles. The van der Waals surface area contributed by atoms with E-state index in [4.69, 9.17) is 4.74 Å². The molecule has 0 aromatic carbocycles. The van der Waals surface area contributed by atoms with Crippen molar-refractivity contribution in [2.75, 3.05) is 13.2 Å². The van der Waals surface area contributed by atoms with E-state index < -0.39 is 0 Å². The third-order valence-corrected chi connectivity index (χ3v) is 1.68. The van der Waals surface area contributed by atoms with Crippen LogP contribution in [0, 0.1) is 11.8 Å². The third-order valence-electron chi connectivity index (χ3n) is 1.68. The lowest BCUT2D eigenvalue weighted by Crippen LogP contribution is -2.02. The van der Waals surface area contributed by atoms with Crippen molar-refractivity contribution < 1.29 is 4.74 Å². The van der Waals surface area contributed by atoms with Crippen LogP contribution in [0.3, 0.4) is 0 Å². The number of ether oxygens (including phenoxy) is 1. The minimum absolute atomic E-state index is 0. The van der Waals surface area contributed by atoms with Crippen LogP contribution in [-0.2, 0) is 4.74 Å². The molecule has 0 saturated heterocycles. The Balaban J connectivity index is 0. The van der Waals surface area contributed by atoms with Crippen LogP contribution in [0.25, 0.3) is 0 Å². The summed E-state index contributed by atoms with van der Waals surface area (Å²) in [5.41, 5.74) is 0. The monoisotopic (exact) mass is 182 g/mol. The Hall–Kier alpha value is 0.726. The zero-order valence-corrected chi connectivity index (χ0v) is 10.5. The lowest BCUT2D eigenvalue weighted by Gasteiger charge is -2.07. The fraction of sp³-hybridized carbons (Fsp3) is 1.00. The maximum Gasteiger partial charge on any atom is 0.0468 e. The zero-order valence-electron chi connectivity index (χ0n) is 9.10. The predicted molar refractivity (Wildman–Crippen MR) is 55.5 cm³/mol. The summed E-state index contributed by atoms with van der Waals surface area (Å²) in [5, 5.41) is 0. The first kappa shape index (κ1) is 15.2. The Morgan fingerprint density at radius 3 is 1.42 bits per heavy atom. The molecular formula is C10H22MgO. The normalized spacial score (nSPS) is 10.5. The molecule has 0 fully saturated rings. The lowest BCUT2D eigenvalue weighted by molar-refractivity contribution is 0.114. The van der Waals surface area contributed by atoms with E-state index in [1.165, 1.54) is 12.8 Å². The summed E-state index contributed by atoms with van der Waals surface area (Å²) < 4.78 is 5.46. The molecule has 0 aromatic rings. The first-order valence-corrected chi connectivity index (χ1v) is 4.70. The molecule has 0 aromatic heterocycles. The van der Waals surface area contributed by atoms with E-state index in [9.17, 15) is 0 Å². The molecule has 0 amide bonds. The quantitative estimate of drug-likeness (QED) is 0.453. The van der Waals surface area contributed by atoms with Gasteiger partial charge in [0.25, 0.3) is 0 Å². The smallest absolute Gasteiger partial charge is 0.0468 e. The highest BCUT2D eigenvalue weighted by Crippen LogP contribution is 2.02.